The lowest BCUT2D eigenvalue weighted by atomic mass is 10.0. The van der Waals surface area contributed by atoms with E-state index in [-0.39, 0.29) is 12.8 Å². The second-order valence-corrected chi connectivity index (χ2v) is 4.50. The predicted molar refractivity (Wildman–Crippen MR) is 70.6 cm³/mol. The lowest BCUT2D eigenvalue weighted by Gasteiger charge is -2.06. The fourth-order valence-electron chi connectivity index (χ4n) is 1.75. The molecule has 0 spiro atoms. The van der Waals surface area contributed by atoms with Gasteiger partial charge in [0.05, 0.1) is 0 Å². The van der Waals surface area contributed by atoms with Gasteiger partial charge < -0.3 is 10.2 Å². The van der Waals surface area contributed by atoms with Crippen LogP contribution < -0.4 is 0 Å². The first-order chi connectivity index (χ1) is 8.56. The maximum absolute atomic E-state index is 10.5. The van der Waals surface area contributed by atoms with Crippen LogP contribution in [0.25, 0.3) is 0 Å². The molecule has 0 aromatic rings. The van der Waals surface area contributed by atoms with Gasteiger partial charge >= 0.3 is 11.9 Å². The molecule has 0 heterocycles. The minimum absolute atomic E-state index is 0.185. The summed E-state index contributed by atoms with van der Waals surface area (Å²) in [4.78, 5) is 20.9. The van der Waals surface area contributed by atoms with E-state index in [0.717, 1.165) is 32.1 Å². The minimum atomic E-state index is -0.761. The molecule has 0 bridgehead atoms. The highest BCUT2D eigenvalue weighted by atomic mass is 16.4. The van der Waals surface area contributed by atoms with Gasteiger partial charge in [0.15, 0.2) is 0 Å². The largest absolute Gasteiger partial charge is 0.481 e. The highest BCUT2D eigenvalue weighted by molar-refractivity contribution is 5.67. The van der Waals surface area contributed by atoms with Crippen LogP contribution in [0.5, 0.6) is 0 Å². The molecule has 4 nitrogen and oxygen atoms in total. The summed E-state index contributed by atoms with van der Waals surface area (Å²) in [6.45, 7) is 2.10. The summed E-state index contributed by atoms with van der Waals surface area (Å²) in [5.74, 6) is -1.51. The van der Waals surface area contributed by atoms with E-state index in [9.17, 15) is 9.59 Å². The summed E-state index contributed by atoms with van der Waals surface area (Å²) < 4.78 is 0. The van der Waals surface area contributed by atoms with E-state index in [2.05, 4.69) is 13.0 Å². The first kappa shape index (κ1) is 16.7. The molecule has 0 aliphatic carbocycles. The van der Waals surface area contributed by atoms with E-state index in [1.54, 1.807) is 0 Å². The molecule has 0 rings (SSSR count). The molecule has 0 aliphatic rings. The Hall–Kier alpha value is -1.32. The highest BCUT2D eigenvalue weighted by Gasteiger charge is 2.03. The van der Waals surface area contributed by atoms with Gasteiger partial charge in [0.25, 0.3) is 0 Å². The van der Waals surface area contributed by atoms with Crippen LogP contribution in [-0.4, -0.2) is 22.2 Å². The summed E-state index contributed by atoms with van der Waals surface area (Å²) in [6, 6.07) is 0. The monoisotopic (exact) mass is 256 g/mol. The summed E-state index contributed by atoms with van der Waals surface area (Å²) in [5.41, 5.74) is 1.20. The molecule has 0 amide bonds. The minimum Gasteiger partial charge on any atom is -0.481 e. The predicted octanol–water partition coefficient (Wildman–Crippen LogP) is 3.61. The van der Waals surface area contributed by atoms with Crippen molar-refractivity contribution in [1.82, 2.24) is 0 Å². The molecule has 0 radical (unpaired) electrons. The molecule has 0 aromatic heterocycles. The summed E-state index contributed by atoms with van der Waals surface area (Å²) in [7, 11) is 0. The Kier molecular flexibility index (Phi) is 10.0. The Morgan fingerprint density at radius 1 is 0.889 bits per heavy atom. The van der Waals surface area contributed by atoms with Gasteiger partial charge in [-0.05, 0) is 32.1 Å². The quantitative estimate of drug-likeness (QED) is 0.437. The van der Waals surface area contributed by atoms with Crippen LogP contribution in [0, 0.1) is 0 Å². The van der Waals surface area contributed by atoms with E-state index in [1.807, 2.05) is 0 Å². The molecule has 0 saturated heterocycles. The van der Waals surface area contributed by atoms with Crippen molar-refractivity contribution in [1.29, 1.82) is 0 Å². The Bertz CT molecular complexity index is 282. The van der Waals surface area contributed by atoms with Gasteiger partial charge in [0.1, 0.15) is 0 Å². The first-order valence-corrected chi connectivity index (χ1v) is 6.67. The third-order valence-corrected chi connectivity index (χ3v) is 2.77. The molecular weight excluding hydrogens is 232 g/mol. The number of aliphatic carboxylic acids is 2. The SMILES string of the molecule is CCCC=C(CCCCCC(=O)O)CCC(=O)O. The van der Waals surface area contributed by atoms with Crippen LogP contribution in [0.1, 0.15) is 64.7 Å². The second-order valence-electron chi connectivity index (χ2n) is 4.50. The number of carboxylic acids is 2. The fraction of sp³-hybridized carbons (Fsp3) is 0.714. The Morgan fingerprint density at radius 3 is 2.06 bits per heavy atom. The van der Waals surface area contributed by atoms with Crippen molar-refractivity contribution in [3.05, 3.63) is 11.6 Å². The topological polar surface area (TPSA) is 74.6 Å². The molecule has 0 aliphatic heterocycles. The average molecular weight is 256 g/mol. The number of unbranched alkanes of at least 4 members (excludes halogenated alkanes) is 3. The van der Waals surface area contributed by atoms with Crippen LogP contribution in [0.4, 0.5) is 0 Å². The van der Waals surface area contributed by atoms with Gasteiger partial charge in [-0.1, -0.05) is 31.4 Å². The second kappa shape index (κ2) is 10.8. The van der Waals surface area contributed by atoms with Crippen LogP contribution in [0.15, 0.2) is 11.6 Å². The molecular formula is C14H24O4. The molecule has 0 unspecified atom stereocenters. The molecule has 4 heteroatoms. The van der Waals surface area contributed by atoms with Crippen molar-refractivity contribution in [3.8, 4) is 0 Å². The number of carboxylic acid groups (broad SMARTS) is 2. The van der Waals surface area contributed by atoms with Crippen LogP contribution in [-0.2, 0) is 9.59 Å². The first-order valence-electron chi connectivity index (χ1n) is 6.67. The molecule has 0 atom stereocenters. The Labute approximate surface area is 109 Å². The average Bonchev–Trinajstić information content (AvgIpc) is 2.30. The molecule has 104 valence electrons. The number of allylic oxidation sites excluding steroid dienone is 2. The Morgan fingerprint density at radius 2 is 1.50 bits per heavy atom. The van der Waals surface area contributed by atoms with Crippen molar-refractivity contribution >= 4 is 11.9 Å². The smallest absolute Gasteiger partial charge is 0.303 e. The summed E-state index contributed by atoms with van der Waals surface area (Å²) >= 11 is 0. The van der Waals surface area contributed by atoms with Crippen molar-refractivity contribution in [2.45, 2.75) is 64.7 Å². The fourth-order valence-corrected chi connectivity index (χ4v) is 1.75. The van der Waals surface area contributed by atoms with Crippen molar-refractivity contribution in [2.24, 2.45) is 0 Å². The van der Waals surface area contributed by atoms with E-state index in [4.69, 9.17) is 10.2 Å². The number of carbonyl (C=O) groups is 2. The zero-order chi connectivity index (χ0) is 13.8. The van der Waals surface area contributed by atoms with Crippen molar-refractivity contribution in [3.63, 3.8) is 0 Å². The van der Waals surface area contributed by atoms with Gasteiger partial charge in [-0.25, -0.2) is 0 Å². The van der Waals surface area contributed by atoms with Crippen LogP contribution in [0.3, 0.4) is 0 Å². The third-order valence-electron chi connectivity index (χ3n) is 2.77. The molecule has 0 aromatic carbocycles. The van der Waals surface area contributed by atoms with E-state index in [0.29, 0.717) is 12.8 Å². The standard InChI is InChI=1S/C14H24O4/c1-2-3-7-12(10-11-14(17)18)8-5-4-6-9-13(15)16/h7H,2-6,8-11H2,1H3,(H,15,16)(H,17,18). The molecule has 2 N–H and O–H groups in total. The molecule has 18 heavy (non-hydrogen) atoms. The van der Waals surface area contributed by atoms with Crippen molar-refractivity contribution < 1.29 is 19.8 Å². The summed E-state index contributed by atoms with van der Waals surface area (Å²) in [6.07, 6.45) is 8.66. The van der Waals surface area contributed by atoms with Crippen LogP contribution in [0.2, 0.25) is 0 Å². The van der Waals surface area contributed by atoms with Gasteiger partial charge in [-0.3, -0.25) is 9.59 Å². The van der Waals surface area contributed by atoms with Gasteiger partial charge in [-0.2, -0.15) is 0 Å². The lowest BCUT2D eigenvalue weighted by Crippen LogP contribution is -1.97. The molecule has 0 fully saturated rings. The van der Waals surface area contributed by atoms with Crippen molar-refractivity contribution in [2.75, 3.05) is 0 Å². The third kappa shape index (κ3) is 11.2. The maximum atomic E-state index is 10.5. The van der Waals surface area contributed by atoms with E-state index in [1.165, 1.54) is 5.57 Å². The normalized spacial score (nSPS) is 11.5. The summed E-state index contributed by atoms with van der Waals surface area (Å²) in [5, 5.41) is 17.2. The maximum Gasteiger partial charge on any atom is 0.303 e. The Balaban J connectivity index is 3.86. The zero-order valence-corrected chi connectivity index (χ0v) is 11.2. The van der Waals surface area contributed by atoms with Crippen LogP contribution >= 0.6 is 0 Å². The van der Waals surface area contributed by atoms with Gasteiger partial charge in [0, 0.05) is 12.8 Å². The zero-order valence-electron chi connectivity index (χ0n) is 11.2. The lowest BCUT2D eigenvalue weighted by molar-refractivity contribution is -0.138. The van der Waals surface area contributed by atoms with Gasteiger partial charge in [0.2, 0.25) is 0 Å². The number of rotatable bonds is 11. The van der Waals surface area contributed by atoms with Gasteiger partial charge in [-0.15, -0.1) is 0 Å². The highest BCUT2D eigenvalue weighted by Crippen LogP contribution is 2.16. The number of hydrogen-bond acceptors (Lipinski definition) is 2. The van der Waals surface area contributed by atoms with E-state index >= 15 is 0 Å². The van der Waals surface area contributed by atoms with E-state index < -0.39 is 11.9 Å². The number of hydrogen-bond donors (Lipinski definition) is 2. The molecule has 0 saturated carbocycles.